The third kappa shape index (κ3) is 7.65. The standard InChI is InChI=1S/C13H19NO4/c15-13(16)6-8-17-10-11-18-9-7-14-12-4-2-1-3-5-12/h1-5,14H,6-11H2,(H,15,16). The van der Waals surface area contributed by atoms with Crippen molar-refractivity contribution < 1.29 is 19.4 Å². The molecular formula is C13H19NO4. The zero-order valence-electron chi connectivity index (χ0n) is 10.3. The number of aliphatic carboxylic acids is 1. The smallest absolute Gasteiger partial charge is 0.305 e. The summed E-state index contributed by atoms with van der Waals surface area (Å²) in [6, 6.07) is 9.90. The van der Waals surface area contributed by atoms with Crippen LogP contribution in [-0.2, 0) is 14.3 Å². The number of benzene rings is 1. The number of anilines is 1. The van der Waals surface area contributed by atoms with Crippen LogP contribution in [0.2, 0.25) is 0 Å². The third-order valence-corrected chi connectivity index (χ3v) is 2.18. The van der Waals surface area contributed by atoms with Gasteiger partial charge in [0.2, 0.25) is 0 Å². The van der Waals surface area contributed by atoms with Gasteiger partial charge in [-0.3, -0.25) is 4.79 Å². The van der Waals surface area contributed by atoms with Gasteiger partial charge in [-0.25, -0.2) is 0 Å². The molecule has 5 heteroatoms. The lowest BCUT2D eigenvalue weighted by atomic mass is 10.3. The second-order valence-electron chi connectivity index (χ2n) is 3.66. The van der Waals surface area contributed by atoms with Crippen LogP contribution >= 0.6 is 0 Å². The van der Waals surface area contributed by atoms with E-state index in [4.69, 9.17) is 14.6 Å². The first-order valence-electron chi connectivity index (χ1n) is 5.95. The Balaban J connectivity index is 1.86. The van der Waals surface area contributed by atoms with Gasteiger partial charge in [-0.1, -0.05) is 18.2 Å². The van der Waals surface area contributed by atoms with Gasteiger partial charge in [0.1, 0.15) is 0 Å². The van der Waals surface area contributed by atoms with Crippen molar-refractivity contribution >= 4 is 11.7 Å². The Bertz CT molecular complexity index is 329. The summed E-state index contributed by atoms with van der Waals surface area (Å²) in [5, 5.41) is 11.6. The quantitative estimate of drug-likeness (QED) is 0.620. The first kappa shape index (κ1) is 14.5. The number of carbonyl (C=O) groups is 1. The number of hydrogen-bond donors (Lipinski definition) is 2. The van der Waals surface area contributed by atoms with Crippen LogP contribution in [0.1, 0.15) is 6.42 Å². The van der Waals surface area contributed by atoms with E-state index in [-0.39, 0.29) is 13.0 Å². The number of rotatable bonds is 10. The molecule has 0 radical (unpaired) electrons. The van der Waals surface area contributed by atoms with Crippen LogP contribution in [0, 0.1) is 0 Å². The van der Waals surface area contributed by atoms with Gasteiger partial charge in [0.05, 0.1) is 32.8 Å². The van der Waals surface area contributed by atoms with Crippen molar-refractivity contribution in [1.82, 2.24) is 0 Å². The minimum absolute atomic E-state index is 0.0373. The van der Waals surface area contributed by atoms with E-state index in [1.165, 1.54) is 0 Å². The zero-order valence-corrected chi connectivity index (χ0v) is 10.3. The summed E-state index contributed by atoms with van der Waals surface area (Å²) in [6.07, 6.45) is 0.0373. The van der Waals surface area contributed by atoms with E-state index >= 15 is 0 Å². The fourth-order valence-corrected chi connectivity index (χ4v) is 1.30. The van der Waals surface area contributed by atoms with Crippen molar-refractivity contribution in [3.05, 3.63) is 30.3 Å². The SMILES string of the molecule is O=C(O)CCOCCOCCNc1ccccc1. The molecule has 1 aromatic carbocycles. The molecule has 0 aromatic heterocycles. The first-order valence-corrected chi connectivity index (χ1v) is 5.95. The first-order chi connectivity index (χ1) is 8.79. The molecule has 18 heavy (non-hydrogen) atoms. The van der Waals surface area contributed by atoms with E-state index < -0.39 is 5.97 Å². The van der Waals surface area contributed by atoms with Gasteiger partial charge >= 0.3 is 5.97 Å². The van der Waals surface area contributed by atoms with Crippen molar-refractivity contribution in [2.45, 2.75) is 6.42 Å². The molecule has 0 aliphatic carbocycles. The summed E-state index contributed by atoms with van der Waals surface area (Å²) in [5.74, 6) is -0.844. The lowest BCUT2D eigenvalue weighted by Crippen LogP contribution is -2.13. The lowest BCUT2D eigenvalue weighted by Gasteiger charge is -2.07. The summed E-state index contributed by atoms with van der Waals surface area (Å²) < 4.78 is 10.4. The van der Waals surface area contributed by atoms with E-state index in [1.807, 2.05) is 30.3 Å². The molecule has 0 atom stereocenters. The largest absolute Gasteiger partial charge is 0.481 e. The number of hydrogen-bond acceptors (Lipinski definition) is 4. The molecular weight excluding hydrogens is 234 g/mol. The predicted molar refractivity (Wildman–Crippen MR) is 68.8 cm³/mol. The summed E-state index contributed by atoms with van der Waals surface area (Å²) in [5.41, 5.74) is 1.07. The lowest BCUT2D eigenvalue weighted by molar-refractivity contribution is -0.138. The summed E-state index contributed by atoms with van der Waals surface area (Å²) in [6.45, 7) is 2.48. The van der Waals surface area contributed by atoms with Crippen LogP contribution in [-0.4, -0.2) is 44.0 Å². The highest BCUT2D eigenvalue weighted by Gasteiger charge is 1.96. The minimum atomic E-state index is -0.844. The van der Waals surface area contributed by atoms with E-state index in [0.29, 0.717) is 19.8 Å². The third-order valence-electron chi connectivity index (χ3n) is 2.18. The maximum absolute atomic E-state index is 10.2. The number of nitrogens with one attached hydrogen (secondary N) is 1. The van der Waals surface area contributed by atoms with Crippen LogP contribution in [0.3, 0.4) is 0 Å². The molecule has 0 spiro atoms. The molecule has 0 unspecified atom stereocenters. The molecule has 2 N–H and O–H groups in total. The van der Waals surface area contributed by atoms with E-state index in [9.17, 15) is 4.79 Å². The van der Waals surface area contributed by atoms with Crippen molar-refractivity contribution in [3.63, 3.8) is 0 Å². The highest BCUT2D eigenvalue weighted by atomic mass is 16.5. The Labute approximate surface area is 107 Å². The van der Waals surface area contributed by atoms with Gasteiger partial charge in [-0.15, -0.1) is 0 Å². The van der Waals surface area contributed by atoms with Gasteiger partial charge in [0, 0.05) is 12.2 Å². The second kappa shape index (κ2) is 9.44. The summed E-state index contributed by atoms with van der Waals surface area (Å²) >= 11 is 0. The van der Waals surface area contributed by atoms with Crippen LogP contribution in [0.5, 0.6) is 0 Å². The van der Waals surface area contributed by atoms with Crippen molar-refractivity contribution in [2.75, 3.05) is 38.3 Å². The Morgan fingerprint density at radius 1 is 1.06 bits per heavy atom. The molecule has 5 nitrogen and oxygen atoms in total. The van der Waals surface area contributed by atoms with Crippen molar-refractivity contribution in [2.24, 2.45) is 0 Å². The molecule has 0 saturated carbocycles. The van der Waals surface area contributed by atoms with Crippen molar-refractivity contribution in [1.29, 1.82) is 0 Å². The molecule has 1 rings (SSSR count). The van der Waals surface area contributed by atoms with Crippen molar-refractivity contribution in [3.8, 4) is 0 Å². The molecule has 0 aliphatic heterocycles. The maximum atomic E-state index is 10.2. The van der Waals surface area contributed by atoms with Crippen LogP contribution in [0.25, 0.3) is 0 Å². The minimum Gasteiger partial charge on any atom is -0.481 e. The molecule has 0 aliphatic rings. The van der Waals surface area contributed by atoms with Gasteiger partial charge in [0.25, 0.3) is 0 Å². The molecule has 0 fully saturated rings. The van der Waals surface area contributed by atoms with E-state index in [1.54, 1.807) is 0 Å². The van der Waals surface area contributed by atoms with Gasteiger partial charge in [-0.05, 0) is 12.1 Å². The molecule has 1 aromatic rings. The highest BCUT2D eigenvalue weighted by molar-refractivity contribution is 5.66. The molecule has 0 saturated heterocycles. The van der Waals surface area contributed by atoms with Crippen LogP contribution in [0.4, 0.5) is 5.69 Å². The van der Waals surface area contributed by atoms with E-state index in [2.05, 4.69) is 5.32 Å². The van der Waals surface area contributed by atoms with Gasteiger partial charge in [0.15, 0.2) is 0 Å². The molecule has 0 heterocycles. The van der Waals surface area contributed by atoms with Crippen LogP contribution < -0.4 is 5.32 Å². The topological polar surface area (TPSA) is 67.8 Å². The summed E-state index contributed by atoms with van der Waals surface area (Å²) in [7, 11) is 0. The van der Waals surface area contributed by atoms with Gasteiger partial charge < -0.3 is 19.9 Å². The number of ether oxygens (including phenoxy) is 2. The Kier molecular flexibility index (Phi) is 7.59. The predicted octanol–water partition coefficient (Wildman–Crippen LogP) is 1.61. The fraction of sp³-hybridized carbons (Fsp3) is 0.462. The van der Waals surface area contributed by atoms with Gasteiger partial charge in [-0.2, -0.15) is 0 Å². The number of para-hydroxylation sites is 1. The average Bonchev–Trinajstić information content (AvgIpc) is 2.37. The molecule has 0 amide bonds. The Morgan fingerprint density at radius 3 is 2.39 bits per heavy atom. The monoisotopic (exact) mass is 253 g/mol. The second-order valence-corrected chi connectivity index (χ2v) is 3.66. The van der Waals surface area contributed by atoms with Crippen LogP contribution in [0.15, 0.2) is 30.3 Å². The summed E-state index contributed by atoms with van der Waals surface area (Å²) in [4.78, 5) is 10.2. The fourth-order valence-electron chi connectivity index (χ4n) is 1.30. The van der Waals surface area contributed by atoms with E-state index in [0.717, 1.165) is 12.2 Å². The Morgan fingerprint density at radius 2 is 1.72 bits per heavy atom. The number of carboxylic acids is 1. The molecule has 0 bridgehead atoms. The maximum Gasteiger partial charge on any atom is 0.305 e. The molecule has 100 valence electrons. The Hall–Kier alpha value is -1.59. The number of carboxylic acid groups (broad SMARTS) is 1. The highest BCUT2D eigenvalue weighted by Crippen LogP contribution is 2.03. The average molecular weight is 253 g/mol. The zero-order chi connectivity index (χ0) is 13.1. The normalized spacial score (nSPS) is 10.2.